The predicted molar refractivity (Wildman–Crippen MR) is 215 cm³/mol. The lowest BCUT2D eigenvalue weighted by atomic mass is 10.00. The van der Waals surface area contributed by atoms with E-state index >= 15 is 0 Å². The van der Waals surface area contributed by atoms with Gasteiger partial charge in [-0.05, 0) is 71.8 Å². The van der Waals surface area contributed by atoms with E-state index in [0.29, 0.717) is 23.4 Å². The zero-order chi connectivity index (χ0) is 34.9. The first-order valence-electron chi connectivity index (χ1n) is 17.4. The molecule has 0 atom stereocenters. The molecule has 0 unspecified atom stereocenters. The molecule has 6 nitrogen and oxygen atoms in total. The first kappa shape index (κ1) is 29.7. The van der Waals surface area contributed by atoms with Gasteiger partial charge in [-0.25, -0.2) is 19.9 Å². The Morgan fingerprint density at radius 1 is 0.377 bits per heavy atom. The molecule has 0 bridgehead atoms. The van der Waals surface area contributed by atoms with Crippen LogP contribution in [0.4, 0.5) is 0 Å². The number of nitrogens with zero attached hydrogens (tertiary/aromatic N) is 4. The van der Waals surface area contributed by atoms with E-state index in [9.17, 15) is 0 Å². The highest BCUT2D eigenvalue weighted by atomic mass is 32.1. The van der Waals surface area contributed by atoms with Gasteiger partial charge in [0, 0.05) is 53.2 Å². The number of benzene rings is 7. The maximum absolute atomic E-state index is 6.12. The Morgan fingerprint density at radius 3 is 1.89 bits per heavy atom. The summed E-state index contributed by atoms with van der Waals surface area (Å²) in [6.45, 7) is 0. The van der Waals surface area contributed by atoms with E-state index in [-0.39, 0.29) is 0 Å². The number of fused-ring (bicyclic) bond motifs is 7. The van der Waals surface area contributed by atoms with Crippen molar-refractivity contribution in [2.24, 2.45) is 0 Å². The number of aromatic nitrogens is 4. The van der Waals surface area contributed by atoms with Gasteiger partial charge in [-0.3, -0.25) is 0 Å². The Balaban J connectivity index is 1.03. The highest BCUT2D eigenvalue weighted by Gasteiger charge is 2.17. The Kier molecular flexibility index (Phi) is 6.62. The summed E-state index contributed by atoms with van der Waals surface area (Å²) in [7, 11) is 0. The summed E-state index contributed by atoms with van der Waals surface area (Å²) >= 11 is 1.80. The van der Waals surface area contributed by atoms with Crippen LogP contribution < -0.4 is 0 Å². The van der Waals surface area contributed by atoms with E-state index in [1.807, 2.05) is 84.9 Å². The minimum Gasteiger partial charge on any atom is -0.456 e. The van der Waals surface area contributed by atoms with E-state index in [0.717, 1.165) is 66.4 Å². The van der Waals surface area contributed by atoms with Crippen LogP contribution in [0.2, 0.25) is 0 Å². The van der Waals surface area contributed by atoms with E-state index in [2.05, 4.69) is 72.8 Å². The number of furan rings is 1. The van der Waals surface area contributed by atoms with Gasteiger partial charge in [-0.15, -0.1) is 11.3 Å². The highest BCUT2D eigenvalue weighted by molar-refractivity contribution is 7.26. The van der Waals surface area contributed by atoms with Gasteiger partial charge in [0.2, 0.25) is 5.89 Å². The summed E-state index contributed by atoms with van der Waals surface area (Å²) in [5.74, 6) is 2.46. The van der Waals surface area contributed by atoms with Crippen molar-refractivity contribution in [3.8, 4) is 56.7 Å². The average Bonchev–Trinajstić information content (AvgIpc) is 3.94. The molecule has 0 aliphatic carbocycles. The van der Waals surface area contributed by atoms with Crippen LogP contribution in [-0.4, -0.2) is 19.9 Å². The molecule has 53 heavy (non-hydrogen) atoms. The first-order valence-corrected chi connectivity index (χ1v) is 18.2. The molecule has 0 amide bonds. The SMILES string of the molecule is c1ccc(-c2nc(-c3cccc(-c4cccc5c4sc4ccc(-c6nc7ccccc7o6)cc45)c3)nc(-c3ccc4oc5ccccc5c4c3)n2)cc1. The summed E-state index contributed by atoms with van der Waals surface area (Å²) in [4.78, 5) is 19.9. The van der Waals surface area contributed by atoms with Crippen molar-refractivity contribution in [3.63, 3.8) is 0 Å². The molecule has 11 aromatic rings. The molecule has 248 valence electrons. The number of hydrogen-bond acceptors (Lipinski definition) is 7. The summed E-state index contributed by atoms with van der Waals surface area (Å²) in [5.41, 5.74) is 9.27. The van der Waals surface area contributed by atoms with Crippen molar-refractivity contribution in [2.75, 3.05) is 0 Å². The summed E-state index contributed by atoms with van der Waals surface area (Å²) in [6, 6.07) is 53.6. The average molecular weight is 699 g/mol. The van der Waals surface area contributed by atoms with Gasteiger partial charge in [-0.2, -0.15) is 0 Å². The third-order valence-corrected chi connectivity index (χ3v) is 11.0. The minimum absolute atomic E-state index is 0.604. The highest BCUT2D eigenvalue weighted by Crippen LogP contribution is 2.42. The fraction of sp³-hybridized carbons (Fsp3) is 0. The molecule has 0 N–H and O–H groups in total. The van der Waals surface area contributed by atoms with Crippen molar-refractivity contribution < 1.29 is 8.83 Å². The van der Waals surface area contributed by atoms with Gasteiger partial charge in [0.1, 0.15) is 16.7 Å². The fourth-order valence-electron chi connectivity index (χ4n) is 7.20. The van der Waals surface area contributed by atoms with Crippen LogP contribution in [0, 0.1) is 0 Å². The molecule has 0 saturated heterocycles. The maximum Gasteiger partial charge on any atom is 0.227 e. The van der Waals surface area contributed by atoms with Crippen molar-refractivity contribution in [2.45, 2.75) is 0 Å². The Hall–Kier alpha value is -6.96. The minimum atomic E-state index is 0.604. The number of hydrogen-bond donors (Lipinski definition) is 0. The third-order valence-electron chi connectivity index (χ3n) is 9.77. The van der Waals surface area contributed by atoms with Crippen molar-refractivity contribution in [3.05, 3.63) is 158 Å². The van der Waals surface area contributed by atoms with Gasteiger partial charge in [-0.1, -0.05) is 97.1 Å². The molecular formula is C46H26N4O2S. The normalized spacial score (nSPS) is 11.8. The number of oxazole rings is 1. The molecule has 0 fully saturated rings. The monoisotopic (exact) mass is 698 g/mol. The third kappa shape index (κ3) is 5.01. The maximum atomic E-state index is 6.12. The van der Waals surface area contributed by atoms with Gasteiger partial charge >= 0.3 is 0 Å². The van der Waals surface area contributed by atoms with Crippen LogP contribution in [0.1, 0.15) is 0 Å². The van der Waals surface area contributed by atoms with Gasteiger partial charge in [0.05, 0.1) is 0 Å². The van der Waals surface area contributed by atoms with Gasteiger partial charge in [0.15, 0.2) is 23.1 Å². The Bertz CT molecular complexity index is 3160. The quantitative estimate of drug-likeness (QED) is 0.178. The number of para-hydroxylation sites is 3. The number of thiophene rings is 1. The van der Waals surface area contributed by atoms with Crippen LogP contribution in [0.3, 0.4) is 0 Å². The molecule has 0 saturated carbocycles. The smallest absolute Gasteiger partial charge is 0.227 e. The van der Waals surface area contributed by atoms with Crippen LogP contribution in [-0.2, 0) is 0 Å². The van der Waals surface area contributed by atoms with E-state index in [1.165, 1.54) is 20.2 Å². The van der Waals surface area contributed by atoms with E-state index in [4.69, 9.17) is 28.8 Å². The molecule has 7 heteroatoms. The molecule has 7 aromatic carbocycles. The lowest BCUT2D eigenvalue weighted by Crippen LogP contribution is -2.00. The first-order chi connectivity index (χ1) is 26.2. The topological polar surface area (TPSA) is 77.8 Å². The Labute approximate surface area is 306 Å². The van der Waals surface area contributed by atoms with Crippen molar-refractivity contribution in [1.82, 2.24) is 19.9 Å². The second-order valence-electron chi connectivity index (χ2n) is 13.0. The molecule has 4 heterocycles. The lowest BCUT2D eigenvalue weighted by Gasteiger charge is -2.10. The largest absolute Gasteiger partial charge is 0.456 e. The molecule has 0 aliphatic heterocycles. The number of rotatable bonds is 5. The molecule has 0 spiro atoms. The van der Waals surface area contributed by atoms with Crippen molar-refractivity contribution in [1.29, 1.82) is 0 Å². The molecular weight excluding hydrogens is 673 g/mol. The molecule has 0 radical (unpaired) electrons. The van der Waals surface area contributed by atoms with Crippen LogP contribution in [0.15, 0.2) is 167 Å². The second-order valence-corrected chi connectivity index (χ2v) is 14.1. The molecule has 4 aromatic heterocycles. The molecule has 11 rings (SSSR count). The van der Waals surface area contributed by atoms with Crippen molar-refractivity contribution >= 4 is 64.5 Å². The van der Waals surface area contributed by atoms with Gasteiger partial charge in [0.25, 0.3) is 0 Å². The van der Waals surface area contributed by atoms with E-state index in [1.54, 1.807) is 11.3 Å². The van der Waals surface area contributed by atoms with Crippen LogP contribution >= 0.6 is 11.3 Å². The zero-order valence-electron chi connectivity index (χ0n) is 28.0. The van der Waals surface area contributed by atoms with Crippen LogP contribution in [0.25, 0.3) is 110 Å². The summed E-state index contributed by atoms with van der Waals surface area (Å²) in [5, 5.41) is 4.47. The zero-order valence-corrected chi connectivity index (χ0v) is 28.8. The summed E-state index contributed by atoms with van der Waals surface area (Å²) in [6.07, 6.45) is 0. The summed E-state index contributed by atoms with van der Waals surface area (Å²) < 4.78 is 14.7. The van der Waals surface area contributed by atoms with Gasteiger partial charge < -0.3 is 8.83 Å². The molecule has 0 aliphatic rings. The predicted octanol–water partition coefficient (Wildman–Crippen LogP) is 12.6. The van der Waals surface area contributed by atoms with E-state index < -0.39 is 0 Å². The standard InChI is InChI=1S/C46H26N4O2S/c1-2-10-27(11-3-1)43-48-44(50-45(49-43)30-20-22-39-35(25-30)33-14-4-6-18-38(33)51-39)29-13-8-12-28(24-29)32-15-9-16-34-36-26-31(21-23-41(36)53-42(32)34)46-47-37-17-5-7-19-40(37)52-46/h1-26H. The fourth-order valence-corrected chi connectivity index (χ4v) is 8.41. The lowest BCUT2D eigenvalue weighted by molar-refractivity contribution is 0.620. The Morgan fingerprint density at radius 2 is 1.02 bits per heavy atom. The second kappa shape index (κ2) is 11.8. The van der Waals surface area contributed by atoms with Crippen LogP contribution in [0.5, 0.6) is 0 Å².